The fourth-order valence-corrected chi connectivity index (χ4v) is 5.50. The minimum absolute atomic E-state index is 0.0767. The summed E-state index contributed by atoms with van der Waals surface area (Å²) < 4.78 is 7.25. The zero-order valence-corrected chi connectivity index (χ0v) is 15.2. The molecule has 1 aromatic heterocycles. The van der Waals surface area contributed by atoms with Gasteiger partial charge in [-0.15, -0.1) is 10.2 Å². The molecule has 26 heavy (non-hydrogen) atoms. The van der Waals surface area contributed by atoms with E-state index in [4.69, 9.17) is 4.74 Å². The van der Waals surface area contributed by atoms with Crippen molar-refractivity contribution in [1.82, 2.24) is 14.9 Å². The van der Waals surface area contributed by atoms with Crippen LogP contribution in [0.25, 0.3) is 0 Å². The van der Waals surface area contributed by atoms with Gasteiger partial charge in [-0.2, -0.15) is 0 Å². The lowest BCUT2D eigenvalue weighted by atomic mass is 10.1. The van der Waals surface area contributed by atoms with E-state index in [1.54, 1.807) is 35.9 Å². The van der Waals surface area contributed by atoms with Crippen LogP contribution in [0.5, 0.6) is 0 Å². The fourth-order valence-electron chi connectivity index (χ4n) is 3.30. The lowest BCUT2D eigenvalue weighted by Gasteiger charge is -2.29. The van der Waals surface area contributed by atoms with E-state index in [0.717, 1.165) is 15.7 Å². The van der Waals surface area contributed by atoms with Crippen molar-refractivity contribution < 1.29 is 9.66 Å². The SMILES string of the molecule is O=[N+]([O-])c1cc([C@H]2SC=C3Sc4nncn4N32)ccc1N1CCOCC1. The van der Waals surface area contributed by atoms with E-state index in [1.807, 2.05) is 21.7 Å². The first kappa shape index (κ1) is 16.0. The molecule has 1 saturated heterocycles. The molecule has 134 valence electrons. The van der Waals surface area contributed by atoms with Crippen LogP contribution in [0, 0.1) is 10.1 Å². The van der Waals surface area contributed by atoms with Crippen LogP contribution in [0.2, 0.25) is 0 Å². The Labute approximate surface area is 157 Å². The second-order valence-electron chi connectivity index (χ2n) is 5.95. The number of morpholine rings is 1. The summed E-state index contributed by atoms with van der Waals surface area (Å²) in [5.41, 5.74) is 1.67. The zero-order valence-electron chi connectivity index (χ0n) is 13.5. The van der Waals surface area contributed by atoms with Crippen LogP contribution in [0.15, 0.2) is 40.1 Å². The summed E-state index contributed by atoms with van der Waals surface area (Å²) in [6.45, 7) is 2.51. The third-order valence-corrected chi connectivity index (χ3v) is 6.71. The highest BCUT2D eigenvalue weighted by Gasteiger charge is 2.38. The van der Waals surface area contributed by atoms with Gasteiger partial charge in [0.25, 0.3) is 5.69 Å². The van der Waals surface area contributed by atoms with Crippen molar-refractivity contribution in [3.05, 3.63) is 50.6 Å². The van der Waals surface area contributed by atoms with Crippen molar-refractivity contribution in [3.8, 4) is 0 Å². The predicted octanol–water partition coefficient (Wildman–Crippen LogP) is 2.31. The molecule has 0 spiro atoms. The minimum Gasteiger partial charge on any atom is -0.378 e. The third-order valence-electron chi connectivity index (χ3n) is 4.51. The quantitative estimate of drug-likeness (QED) is 0.578. The Morgan fingerprint density at radius 3 is 2.96 bits per heavy atom. The summed E-state index contributed by atoms with van der Waals surface area (Å²) in [4.78, 5) is 13.4. The monoisotopic (exact) mass is 390 g/mol. The Hall–Kier alpha value is -2.24. The van der Waals surface area contributed by atoms with Crippen LogP contribution < -0.4 is 9.91 Å². The molecule has 3 aliphatic rings. The molecular formula is C15H14N6O3S2. The van der Waals surface area contributed by atoms with Gasteiger partial charge < -0.3 is 9.64 Å². The van der Waals surface area contributed by atoms with Crippen molar-refractivity contribution in [1.29, 1.82) is 0 Å². The highest BCUT2D eigenvalue weighted by Crippen LogP contribution is 2.51. The number of hydrogen-bond acceptors (Lipinski definition) is 9. The molecule has 0 saturated carbocycles. The number of anilines is 1. The van der Waals surface area contributed by atoms with Crippen molar-refractivity contribution in [2.45, 2.75) is 10.5 Å². The summed E-state index contributed by atoms with van der Waals surface area (Å²) in [6.07, 6.45) is 1.67. The molecule has 1 aromatic carbocycles. The number of thioether (sulfide) groups is 2. The maximum Gasteiger partial charge on any atom is 0.292 e. The average Bonchev–Trinajstić information content (AvgIpc) is 3.34. The van der Waals surface area contributed by atoms with Gasteiger partial charge in [-0.05, 0) is 23.4 Å². The first-order valence-electron chi connectivity index (χ1n) is 8.06. The van der Waals surface area contributed by atoms with E-state index in [9.17, 15) is 10.1 Å². The smallest absolute Gasteiger partial charge is 0.292 e. The van der Waals surface area contributed by atoms with E-state index in [0.29, 0.717) is 32.0 Å². The minimum atomic E-state index is -0.300. The number of fused-ring (bicyclic) bond motifs is 3. The molecule has 2 aromatic rings. The second-order valence-corrected chi connectivity index (χ2v) is 7.90. The molecule has 0 aliphatic carbocycles. The molecule has 0 bridgehead atoms. The first-order valence-corrected chi connectivity index (χ1v) is 9.82. The predicted molar refractivity (Wildman–Crippen MR) is 98.6 cm³/mol. The Kier molecular flexibility index (Phi) is 3.80. The van der Waals surface area contributed by atoms with Gasteiger partial charge in [0.15, 0.2) is 0 Å². The summed E-state index contributed by atoms with van der Waals surface area (Å²) in [6, 6.07) is 5.51. The first-order chi connectivity index (χ1) is 12.7. The molecule has 0 amide bonds. The fraction of sp³-hybridized carbons (Fsp3) is 0.333. The molecule has 0 radical (unpaired) electrons. The number of ether oxygens (including phenoxy) is 1. The normalized spacial score (nSPS) is 21.5. The topological polar surface area (TPSA) is 89.6 Å². The van der Waals surface area contributed by atoms with Crippen LogP contribution in [0.4, 0.5) is 11.4 Å². The molecule has 3 aliphatic heterocycles. The molecule has 1 atom stereocenters. The van der Waals surface area contributed by atoms with Gasteiger partial charge in [0.1, 0.15) is 22.4 Å². The lowest BCUT2D eigenvalue weighted by Crippen LogP contribution is -2.36. The maximum atomic E-state index is 11.7. The van der Waals surface area contributed by atoms with Crippen molar-refractivity contribution in [2.24, 2.45) is 0 Å². The van der Waals surface area contributed by atoms with E-state index in [2.05, 4.69) is 20.6 Å². The molecule has 1 fully saturated rings. The summed E-state index contributed by atoms with van der Waals surface area (Å²) in [7, 11) is 0. The molecule has 0 N–H and O–H groups in total. The Morgan fingerprint density at radius 2 is 2.15 bits per heavy atom. The summed E-state index contributed by atoms with van der Waals surface area (Å²) >= 11 is 3.17. The zero-order chi connectivity index (χ0) is 17.7. The number of rotatable bonds is 3. The number of nitrogens with zero attached hydrogens (tertiary/aromatic N) is 6. The molecular weight excluding hydrogens is 376 g/mol. The lowest BCUT2D eigenvalue weighted by molar-refractivity contribution is -0.384. The van der Waals surface area contributed by atoms with Gasteiger partial charge in [-0.3, -0.25) is 15.1 Å². The second kappa shape index (κ2) is 6.18. The third kappa shape index (κ3) is 2.46. The molecule has 4 heterocycles. The van der Waals surface area contributed by atoms with Crippen molar-refractivity contribution in [2.75, 3.05) is 36.2 Å². The van der Waals surface area contributed by atoms with Gasteiger partial charge in [-0.1, -0.05) is 17.8 Å². The van der Waals surface area contributed by atoms with E-state index in [-0.39, 0.29) is 16.0 Å². The Bertz CT molecular complexity index is 911. The van der Waals surface area contributed by atoms with Crippen LogP contribution in [0.1, 0.15) is 10.9 Å². The molecule has 9 nitrogen and oxygen atoms in total. The van der Waals surface area contributed by atoms with Crippen molar-refractivity contribution >= 4 is 34.9 Å². The van der Waals surface area contributed by atoms with E-state index < -0.39 is 0 Å². The van der Waals surface area contributed by atoms with E-state index in [1.165, 1.54) is 0 Å². The van der Waals surface area contributed by atoms with Crippen molar-refractivity contribution in [3.63, 3.8) is 0 Å². The van der Waals surface area contributed by atoms with Crippen LogP contribution >= 0.6 is 23.5 Å². The highest BCUT2D eigenvalue weighted by atomic mass is 32.2. The highest BCUT2D eigenvalue weighted by molar-refractivity contribution is 8.07. The summed E-state index contributed by atoms with van der Waals surface area (Å²) in [5, 5.41) is 25.6. The van der Waals surface area contributed by atoms with Gasteiger partial charge >= 0.3 is 0 Å². The number of hydrogen-bond donors (Lipinski definition) is 0. The maximum absolute atomic E-state index is 11.7. The molecule has 11 heteroatoms. The number of aromatic nitrogens is 3. The van der Waals surface area contributed by atoms with Gasteiger partial charge in [0, 0.05) is 24.6 Å². The van der Waals surface area contributed by atoms with Gasteiger partial charge in [-0.25, -0.2) is 4.68 Å². The molecule has 0 unspecified atom stereocenters. The standard InChI is InChI=1S/C15H14N6O3S2/c22-21(23)12-7-10(1-2-11(12)18-3-5-24-6-4-18)14-20-13(8-25-14)26-15-17-16-9-19(15)20/h1-2,7-9,14H,3-6H2/t14-/m1/s1. The van der Waals surface area contributed by atoms with Gasteiger partial charge in [0.2, 0.25) is 5.16 Å². The molecule has 5 rings (SSSR count). The summed E-state index contributed by atoms with van der Waals surface area (Å²) in [5.74, 6) is 0. The van der Waals surface area contributed by atoms with Crippen LogP contribution in [0.3, 0.4) is 0 Å². The number of nitro groups is 1. The average molecular weight is 390 g/mol. The number of benzene rings is 1. The van der Waals surface area contributed by atoms with Gasteiger partial charge in [0.05, 0.1) is 18.1 Å². The Morgan fingerprint density at radius 1 is 1.31 bits per heavy atom. The van der Waals surface area contributed by atoms with Crippen LogP contribution in [-0.2, 0) is 4.74 Å². The van der Waals surface area contributed by atoms with Crippen LogP contribution in [-0.4, -0.2) is 46.1 Å². The Balaban J connectivity index is 1.50. The number of nitro benzene ring substituents is 1. The van der Waals surface area contributed by atoms with E-state index >= 15 is 0 Å². The largest absolute Gasteiger partial charge is 0.378 e.